The summed E-state index contributed by atoms with van der Waals surface area (Å²) in [7, 11) is 2.08. The molecule has 1 aliphatic heterocycles. The van der Waals surface area contributed by atoms with E-state index in [0.29, 0.717) is 6.54 Å². The Bertz CT molecular complexity index is 227. The van der Waals surface area contributed by atoms with Crippen LogP contribution >= 0.6 is 0 Å². The number of nitrogens with one attached hydrogen (secondary N) is 1. The van der Waals surface area contributed by atoms with Crippen LogP contribution < -0.4 is 5.32 Å². The minimum absolute atomic E-state index is 0.0592. The Morgan fingerprint density at radius 3 is 2.64 bits per heavy atom. The Labute approximate surface area is 84.3 Å². The Kier molecular flexibility index (Phi) is 4.36. The van der Waals surface area contributed by atoms with Crippen molar-refractivity contribution in [3.05, 3.63) is 0 Å². The quantitative estimate of drug-likeness (QED) is 0.580. The Morgan fingerprint density at radius 2 is 2.07 bits per heavy atom. The molecule has 0 unspecified atom stereocenters. The largest absolute Gasteiger partial charge is 0.342 e. The van der Waals surface area contributed by atoms with Crippen molar-refractivity contribution in [2.75, 3.05) is 46.3 Å². The summed E-state index contributed by atoms with van der Waals surface area (Å²) < 4.78 is 0. The first-order chi connectivity index (χ1) is 6.72. The highest BCUT2D eigenvalue weighted by Crippen LogP contribution is 1.97. The molecule has 0 aromatic heterocycles. The molecule has 0 spiro atoms. The lowest BCUT2D eigenvalue weighted by atomic mass is 10.3. The van der Waals surface area contributed by atoms with Gasteiger partial charge in [0.15, 0.2) is 0 Å². The van der Waals surface area contributed by atoms with Gasteiger partial charge in [0.1, 0.15) is 6.54 Å². The number of likely N-dealkylation sites (N-methyl/N-ethyl adjacent to an activating group) is 1. The maximum atomic E-state index is 11.2. The summed E-state index contributed by atoms with van der Waals surface area (Å²) in [4.78, 5) is 15.6. The first kappa shape index (κ1) is 11.0. The first-order valence-corrected chi connectivity index (χ1v) is 4.77. The molecule has 1 fully saturated rings. The molecule has 1 amide bonds. The Morgan fingerprint density at radius 1 is 1.43 bits per heavy atom. The molecule has 1 heterocycles. The second-order valence-electron chi connectivity index (χ2n) is 3.51. The zero-order valence-corrected chi connectivity index (χ0v) is 8.49. The molecule has 78 valence electrons. The molecular formula is C9H16N4O. The number of amides is 1. The van der Waals surface area contributed by atoms with Crippen LogP contribution in [0.5, 0.6) is 0 Å². The van der Waals surface area contributed by atoms with Crippen LogP contribution in [0.1, 0.15) is 0 Å². The van der Waals surface area contributed by atoms with E-state index in [9.17, 15) is 4.79 Å². The lowest BCUT2D eigenvalue weighted by molar-refractivity contribution is -0.122. The molecule has 1 N–H and O–H groups in total. The number of nitriles is 1. The fraction of sp³-hybridized carbons (Fsp3) is 0.778. The third-order valence-corrected chi connectivity index (χ3v) is 2.33. The predicted molar refractivity (Wildman–Crippen MR) is 52.6 cm³/mol. The number of hydrogen-bond acceptors (Lipinski definition) is 4. The van der Waals surface area contributed by atoms with Crippen LogP contribution in [0.2, 0.25) is 0 Å². The molecule has 14 heavy (non-hydrogen) atoms. The number of carbonyl (C=O) groups is 1. The molecule has 1 saturated heterocycles. The summed E-state index contributed by atoms with van der Waals surface area (Å²) in [6.07, 6.45) is 0. The second-order valence-corrected chi connectivity index (χ2v) is 3.51. The van der Waals surface area contributed by atoms with Crippen molar-refractivity contribution in [1.29, 1.82) is 5.26 Å². The van der Waals surface area contributed by atoms with Crippen molar-refractivity contribution >= 4 is 5.91 Å². The van der Waals surface area contributed by atoms with Gasteiger partial charge in [0, 0.05) is 26.2 Å². The van der Waals surface area contributed by atoms with Gasteiger partial charge in [0.2, 0.25) is 5.91 Å². The minimum atomic E-state index is -0.0592. The average molecular weight is 196 g/mol. The molecule has 5 heteroatoms. The van der Waals surface area contributed by atoms with E-state index in [-0.39, 0.29) is 12.5 Å². The van der Waals surface area contributed by atoms with Crippen molar-refractivity contribution in [1.82, 2.24) is 15.1 Å². The van der Waals surface area contributed by atoms with E-state index in [1.807, 2.05) is 6.07 Å². The summed E-state index contributed by atoms with van der Waals surface area (Å²) >= 11 is 0. The second kappa shape index (κ2) is 5.58. The summed E-state index contributed by atoms with van der Waals surface area (Å²) in [6.45, 7) is 4.38. The van der Waals surface area contributed by atoms with Crippen LogP contribution in [0, 0.1) is 11.3 Å². The summed E-state index contributed by atoms with van der Waals surface area (Å²) in [5.74, 6) is -0.0592. The monoisotopic (exact) mass is 196 g/mol. The number of carbonyl (C=O) groups excluding carboxylic acids is 1. The molecule has 0 aliphatic carbocycles. The van der Waals surface area contributed by atoms with Gasteiger partial charge in [0.05, 0.1) is 12.6 Å². The minimum Gasteiger partial charge on any atom is -0.342 e. The maximum Gasteiger partial charge on any atom is 0.235 e. The zero-order valence-electron chi connectivity index (χ0n) is 8.49. The van der Waals surface area contributed by atoms with E-state index in [4.69, 9.17) is 5.26 Å². The molecule has 0 radical (unpaired) electrons. The standard InChI is InChI=1S/C9H16N4O/c1-12-4-6-13(7-5-12)8-9(14)11-3-2-10/h3-8H2,1H3,(H,11,14). The average Bonchev–Trinajstić information content (AvgIpc) is 2.18. The normalized spacial score (nSPS) is 18.9. The fourth-order valence-electron chi connectivity index (χ4n) is 1.40. The van der Waals surface area contributed by atoms with Crippen LogP contribution in [0.25, 0.3) is 0 Å². The molecule has 1 aliphatic rings. The third-order valence-electron chi connectivity index (χ3n) is 2.33. The van der Waals surface area contributed by atoms with Gasteiger partial charge in [-0.05, 0) is 7.05 Å². The molecule has 1 rings (SSSR count). The number of rotatable bonds is 3. The van der Waals surface area contributed by atoms with Gasteiger partial charge >= 0.3 is 0 Å². The van der Waals surface area contributed by atoms with Gasteiger partial charge in [0.25, 0.3) is 0 Å². The van der Waals surface area contributed by atoms with E-state index in [1.165, 1.54) is 0 Å². The van der Waals surface area contributed by atoms with Gasteiger partial charge in [-0.1, -0.05) is 0 Å². The molecular weight excluding hydrogens is 180 g/mol. The van der Waals surface area contributed by atoms with Gasteiger partial charge in [-0.2, -0.15) is 5.26 Å². The topological polar surface area (TPSA) is 59.4 Å². The van der Waals surface area contributed by atoms with E-state index in [2.05, 4.69) is 22.2 Å². The van der Waals surface area contributed by atoms with Gasteiger partial charge in [-0.25, -0.2) is 0 Å². The molecule has 0 aromatic rings. The molecule has 0 aromatic carbocycles. The summed E-state index contributed by atoms with van der Waals surface area (Å²) in [5.41, 5.74) is 0. The van der Waals surface area contributed by atoms with Crippen LogP contribution in [0.3, 0.4) is 0 Å². The highest BCUT2D eigenvalue weighted by molar-refractivity contribution is 5.78. The molecule has 5 nitrogen and oxygen atoms in total. The Balaban J connectivity index is 2.18. The highest BCUT2D eigenvalue weighted by atomic mass is 16.2. The smallest absolute Gasteiger partial charge is 0.235 e. The van der Waals surface area contributed by atoms with E-state index >= 15 is 0 Å². The third kappa shape index (κ3) is 3.73. The van der Waals surface area contributed by atoms with Crippen molar-refractivity contribution in [3.8, 4) is 6.07 Å². The fourth-order valence-corrected chi connectivity index (χ4v) is 1.40. The Hall–Kier alpha value is -1.12. The van der Waals surface area contributed by atoms with Crippen molar-refractivity contribution < 1.29 is 4.79 Å². The van der Waals surface area contributed by atoms with Crippen LogP contribution in [0.4, 0.5) is 0 Å². The maximum absolute atomic E-state index is 11.2. The van der Waals surface area contributed by atoms with Crippen LogP contribution in [-0.4, -0.2) is 62.0 Å². The van der Waals surface area contributed by atoms with Gasteiger partial charge < -0.3 is 10.2 Å². The molecule has 0 bridgehead atoms. The SMILES string of the molecule is CN1CCN(CC(=O)NCC#N)CC1. The number of piperazine rings is 1. The molecule has 0 atom stereocenters. The number of hydrogen-bond donors (Lipinski definition) is 1. The zero-order chi connectivity index (χ0) is 10.4. The van der Waals surface area contributed by atoms with E-state index in [1.54, 1.807) is 0 Å². The van der Waals surface area contributed by atoms with E-state index < -0.39 is 0 Å². The van der Waals surface area contributed by atoms with Crippen LogP contribution in [-0.2, 0) is 4.79 Å². The lowest BCUT2D eigenvalue weighted by Crippen LogP contribution is -2.48. The van der Waals surface area contributed by atoms with Crippen molar-refractivity contribution in [2.45, 2.75) is 0 Å². The lowest BCUT2D eigenvalue weighted by Gasteiger charge is -2.31. The van der Waals surface area contributed by atoms with Gasteiger partial charge in [-0.3, -0.25) is 9.69 Å². The van der Waals surface area contributed by atoms with E-state index in [0.717, 1.165) is 26.2 Å². The number of nitrogens with zero attached hydrogens (tertiary/aromatic N) is 3. The van der Waals surface area contributed by atoms with Crippen molar-refractivity contribution in [3.63, 3.8) is 0 Å². The van der Waals surface area contributed by atoms with Crippen molar-refractivity contribution in [2.24, 2.45) is 0 Å². The summed E-state index contributed by atoms with van der Waals surface area (Å²) in [6, 6.07) is 1.88. The first-order valence-electron chi connectivity index (χ1n) is 4.77. The highest BCUT2D eigenvalue weighted by Gasteiger charge is 2.15. The van der Waals surface area contributed by atoms with Crippen LogP contribution in [0.15, 0.2) is 0 Å². The predicted octanol–water partition coefficient (Wildman–Crippen LogP) is -1.13. The van der Waals surface area contributed by atoms with Gasteiger partial charge in [-0.15, -0.1) is 0 Å². The summed E-state index contributed by atoms with van der Waals surface area (Å²) in [5, 5.41) is 10.8. The molecule has 0 saturated carbocycles.